The third kappa shape index (κ3) is 4.09. The lowest BCUT2D eigenvalue weighted by Gasteiger charge is -2.19. The van der Waals surface area contributed by atoms with E-state index < -0.39 is 19.1 Å². The molecule has 1 N–H and O–H groups in total. The van der Waals surface area contributed by atoms with Crippen molar-refractivity contribution in [1.29, 1.82) is 0 Å². The van der Waals surface area contributed by atoms with Crippen LogP contribution in [-0.4, -0.2) is 48.8 Å². The largest absolute Gasteiger partial charge is 0.472 e. The van der Waals surface area contributed by atoms with E-state index in [0.717, 1.165) is 16.5 Å². The minimum Gasteiger partial charge on any atom is -0.472 e. The fourth-order valence-corrected chi connectivity index (χ4v) is 4.07. The lowest BCUT2D eigenvalue weighted by Crippen LogP contribution is -2.26. The van der Waals surface area contributed by atoms with Crippen molar-refractivity contribution in [2.45, 2.75) is 31.8 Å². The molecule has 3 aromatic heterocycles. The number of aliphatic hydroxyl groups is 1. The van der Waals surface area contributed by atoms with Crippen molar-refractivity contribution in [3.63, 3.8) is 0 Å². The molecule has 1 aliphatic carbocycles. The Bertz CT molecular complexity index is 1440. The van der Waals surface area contributed by atoms with E-state index in [4.69, 9.17) is 4.74 Å². The minimum absolute atomic E-state index is 0.00350. The lowest BCUT2D eigenvalue weighted by atomic mass is 9.92. The van der Waals surface area contributed by atoms with E-state index in [1.54, 1.807) is 16.8 Å². The molecule has 0 fully saturated rings. The number of nitrogens with zero attached hydrogens (tertiary/aromatic N) is 5. The van der Waals surface area contributed by atoms with Crippen molar-refractivity contribution in [3.05, 3.63) is 58.5 Å². The van der Waals surface area contributed by atoms with Gasteiger partial charge in [-0.05, 0) is 49.1 Å². The molecule has 0 amide bonds. The normalized spacial score (nSPS) is 16.5. The molecule has 33 heavy (non-hydrogen) atoms. The first-order chi connectivity index (χ1) is 15.9. The summed E-state index contributed by atoms with van der Waals surface area (Å²) >= 11 is 0. The predicted octanol–water partition coefficient (Wildman–Crippen LogP) is 3.24. The van der Waals surface area contributed by atoms with E-state index in [-0.39, 0.29) is 17.0 Å². The summed E-state index contributed by atoms with van der Waals surface area (Å²) in [5.74, 6) is -0.00350. The van der Waals surface area contributed by atoms with Crippen LogP contribution in [0.3, 0.4) is 0 Å². The fourth-order valence-electron chi connectivity index (χ4n) is 4.07. The van der Waals surface area contributed by atoms with Gasteiger partial charge in [0.2, 0.25) is 5.88 Å². The number of allylic oxidation sites excluding steroid dienone is 1. The van der Waals surface area contributed by atoms with Gasteiger partial charge >= 0.3 is 0 Å². The number of ether oxygens (including phenoxy) is 1. The first-order valence-electron chi connectivity index (χ1n) is 10.6. The Hall–Kier alpha value is -3.66. The van der Waals surface area contributed by atoms with Gasteiger partial charge in [-0.15, -0.1) is 0 Å². The molecule has 0 aliphatic heterocycles. The average Bonchev–Trinajstić information content (AvgIpc) is 3.17. The molecule has 4 aromatic rings. The van der Waals surface area contributed by atoms with Crippen molar-refractivity contribution in [2.24, 2.45) is 7.05 Å². The molecule has 170 valence electrons. The highest BCUT2D eigenvalue weighted by Gasteiger charge is 2.22. The van der Waals surface area contributed by atoms with Crippen LogP contribution < -0.4 is 10.3 Å². The summed E-state index contributed by atoms with van der Waals surface area (Å²) in [5, 5.41) is 19.6. The molecule has 1 aliphatic rings. The van der Waals surface area contributed by atoms with E-state index in [0.29, 0.717) is 36.0 Å². The van der Waals surface area contributed by atoms with Gasteiger partial charge in [-0.3, -0.25) is 9.48 Å². The monoisotopic (exact) mass is 453 g/mol. The average molecular weight is 453 g/mol. The van der Waals surface area contributed by atoms with Crippen LogP contribution in [-0.2, 0) is 7.05 Å². The van der Waals surface area contributed by atoms with Gasteiger partial charge in [0, 0.05) is 24.7 Å². The number of fused-ring (bicyclic) bond motifs is 2. The van der Waals surface area contributed by atoms with Crippen molar-refractivity contribution in [1.82, 2.24) is 24.5 Å². The molecule has 5 rings (SSSR count). The van der Waals surface area contributed by atoms with Gasteiger partial charge in [0.05, 0.1) is 22.9 Å². The van der Waals surface area contributed by atoms with Gasteiger partial charge in [0.1, 0.15) is 11.0 Å². The van der Waals surface area contributed by atoms with Gasteiger partial charge in [-0.1, -0.05) is 6.08 Å². The molecule has 0 radical (unpaired) electrons. The van der Waals surface area contributed by atoms with E-state index >= 15 is 0 Å². The summed E-state index contributed by atoms with van der Waals surface area (Å²) in [6.45, 7) is -0.793. The van der Waals surface area contributed by atoms with E-state index in [1.807, 2.05) is 31.5 Å². The van der Waals surface area contributed by atoms with Gasteiger partial charge in [-0.25, -0.2) is 13.8 Å². The van der Waals surface area contributed by atoms with E-state index in [9.17, 15) is 18.7 Å². The summed E-state index contributed by atoms with van der Waals surface area (Å²) in [7, 11) is 1.82. The third-order valence-electron chi connectivity index (χ3n) is 5.61. The van der Waals surface area contributed by atoms with Crippen molar-refractivity contribution in [2.75, 3.05) is 6.61 Å². The summed E-state index contributed by atoms with van der Waals surface area (Å²) in [5.41, 5.74) is 2.76. The van der Waals surface area contributed by atoms with Crippen LogP contribution in [0.15, 0.2) is 47.4 Å². The molecular weight excluding hydrogens is 432 g/mol. The number of alkyl halides is 2. The van der Waals surface area contributed by atoms with Gasteiger partial charge in [0.15, 0.2) is 6.61 Å². The molecule has 0 spiro atoms. The van der Waals surface area contributed by atoms with Crippen LogP contribution >= 0.6 is 0 Å². The second-order valence-corrected chi connectivity index (χ2v) is 8.01. The Morgan fingerprint density at radius 2 is 2.03 bits per heavy atom. The molecule has 0 bridgehead atoms. The first kappa shape index (κ1) is 21.2. The molecule has 10 heteroatoms. The number of pyridine rings is 1. The van der Waals surface area contributed by atoms with Crippen LogP contribution in [0.25, 0.3) is 33.2 Å². The number of rotatable bonds is 5. The van der Waals surface area contributed by atoms with Crippen LogP contribution in [0.2, 0.25) is 0 Å². The summed E-state index contributed by atoms with van der Waals surface area (Å²) < 4.78 is 33.3. The zero-order valence-corrected chi connectivity index (χ0v) is 17.8. The van der Waals surface area contributed by atoms with Crippen molar-refractivity contribution >= 4 is 27.5 Å². The van der Waals surface area contributed by atoms with Gasteiger partial charge < -0.3 is 9.84 Å². The number of halogens is 2. The number of aromatic nitrogens is 5. The van der Waals surface area contributed by atoms with Crippen LogP contribution in [0.4, 0.5) is 8.78 Å². The zero-order valence-electron chi connectivity index (χ0n) is 17.8. The predicted molar refractivity (Wildman–Crippen MR) is 119 cm³/mol. The molecule has 1 atom stereocenters. The first-order valence-corrected chi connectivity index (χ1v) is 10.6. The third-order valence-corrected chi connectivity index (χ3v) is 5.61. The quantitative estimate of drug-likeness (QED) is 0.499. The molecule has 8 nitrogen and oxygen atoms in total. The van der Waals surface area contributed by atoms with Crippen LogP contribution in [0.5, 0.6) is 5.88 Å². The SMILES string of the molecule is Cn1cc2cc(-n3nc4ccc(OCC(F)F)nc4c(C4=CCC(O)CC4)c3=O)ccc2n1. The Labute approximate surface area is 186 Å². The topological polar surface area (TPSA) is 95.1 Å². The van der Waals surface area contributed by atoms with Crippen LogP contribution in [0.1, 0.15) is 24.8 Å². The van der Waals surface area contributed by atoms with Crippen LogP contribution in [0, 0.1) is 0 Å². The Morgan fingerprint density at radius 3 is 2.79 bits per heavy atom. The van der Waals surface area contributed by atoms with Crippen molar-refractivity contribution in [3.8, 4) is 11.6 Å². The molecule has 1 unspecified atom stereocenters. The maximum atomic E-state index is 13.7. The fraction of sp³-hybridized carbons (Fsp3) is 0.304. The summed E-state index contributed by atoms with van der Waals surface area (Å²) in [6.07, 6.45) is 1.99. The Morgan fingerprint density at radius 1 is 1.21 bits per heavy atom. The highest BCUT2D eigenvalue weighted by molar-refractivity contribution is 5.89. The van der Waals surface area contributed by atoms with Crippen molar-refractivity contribution < 1.29 is 18.6 Å². The number of benzene rings is 1. The molecule has 0 saturated carbocycles. The highest BCUT2D eigenvalue weighted by Crippen LogP contribution is 2.30. The molecule has 1 aromatic carbocycles. The Balaban J connectivity index is 1.71. The lowest BCUT2D eigenvalue weighted by molar-refractivity contribution is 0.0797. The number of aliphatic hydroxyl groups excluding tert-OH is 1. The maximum Gasteiger partial charge on any atom is 0.281 e. The highest BCUT2D eigenvalue weighted by atomic mass is 19.3. The smallest absolute Gasteiger partial charge is 0.281 e. The van der Waals surface area contributed by atoms with E-state index in [2.05, 4.69) is 15.2 Å². The second kappa shape index (κ2) is 8.36. The second-order valence-electron chi connectivity index (χ2n) is 8.01. The Kier molecular flexibility index (Phi) is 5.37. The molecular formula is C23H21F2N5O3. The van der Waals surface area contributed by atoms with Gasteiger partial charge in [-0.2, -0.15) is 14.9 Å². The number of aryl methyl sites for hydroxylation is 1. The summed E-state index contributed by atoms with van der Waals surface area (Å²) in [4.78, 5) is 18.0. The standard InChI is InChI=1S/C23H21F2N5O3/c1-29-11-14-10-15(4-7-17(14)27-29)30-23(32)21(13-2-5-16(31)6-3-13)22-18(28-30)8-9-20(26-22)33-12-19(24)25/h2,4,7-11,16,19,31H,3,5-6,12H2,1H3. The molecule has 0 saturated heterocycles. The number of hydrogen-bond acceptors (Lipinski definition) is 6. The zero-order chi connectivity index (χ0) is 23.1. The van der Waals surface area contributed by atoms with Gasteiger partial charge in [0.25, 0.3) is 12.0 Å². The minimum atomic E-state index is -2.64. The maximum absolute atomic E-state index is 13.7. The van der Waals surface area contributed by atoms with E-state index in [1.165, 1.54) is 10.7 Å². The number of hydrogen-bond donors (Lipinski definition) is 1. The summed E-state index contributed by atoms with van der Waals surface area (Å²) in [6, 6.07) is 8.48. The molecule has 3 heterocycles.